The van der Waals surface area contributed by atoms with Crippen molar-refractivity contribution in [2.75, 3.05) is 17.7 Å². The van der Waals surface area contributed by atoms with Crippen LogP contribution in [0.5, 0.6) is 0 Å². The predicted molar refractivity (Wildman–Crippen MR) is 121 cm³/mol. The van der Waals surface area contributed by atoms with Crippen LogP contribution < -0.4 is 4.90 Å². The van der Waals surface area contributed by atoms with Crippen molar-refractivity contribution in [1.29, 1.82) is 0 Å². The van der Waals surface area contributed by atoms with Crippen LogP contribution in [0.15, 0.2) is 71.9 Å². The van der Waals surface area contributed by atoms with Crippen LogP contribution in [0.4, 0.5) is 14.5 Å². The van der Waals surface area contributed by atoms with Gasteiger partial charge in [-0.2, -0.15) is 0 Å². The Bertz CT molecular complexity index is 1220. The monoisotopic (exact) mass is 457 g/mol. The molecule has 4 rings (SSSR count). The largest absolute Gasteiger partial charge is 0.315 e. The van der Waals surface area contributed by atoms with Crippen molar-refractivity contribution in [2.24, 2.45) is 0 Å². The molecule has 0 aliphatic rings. The molecular formula is C23H18ClF2N3OS. The molecule has 0 saturated heterocycles. The van der Waals surface area contributed by atoms with Gasteiger partial charge < -0.3 is 9.47 Å². The summed E-state index contributed by atoms with van der Waals surface area (Å²) in [6.45, 7) is 0.191. The first-order valence-electron chi connectivity index (χ1n) is 9.47. The minimum atomic E-state index is -0.395. The Balaban J connectivity index is 1.59. The van der Waals surface area contributed by atoms with Gasteiger partial charge in [0.1, 0.15) is 11.6 Å². The average Bonchev–Trinajstić information content (AvgIpc) is 3.12. The van der Waals surface area contributed by atoms with Gasteiger partial charge in [0.05, 0.1) is 23.3 Å². The first-order valence-corrected chi connectivity index (χ1v) is 10.8. The molecule has 1 amide bonds. The number of aromatic nitrogens is 2. The molecule has 1 aromatic heterocycles. The average molecular weight is 458 g/mol. The Labute approximate surface area is 187 Å². The normalized spacial score (nSPS) is 11.1. The SMILES string of the molecule is CN(C(=O)CSc1nc2ccccc2n1Cc1c(F)cccc1Cl)c1ccc(F)cc1. The molecule has 0 unspecified atom stereocenters. The van der Waals surface area contributed by atoms with E-state index < -0.39 is 5.82 Å². The van der Waals surface area contributed by atoms with E-state index in [9.17, 15) is 13.6 Å². The summed E-state index contributed by atoms with van der Waals surface area (Å²) in [5.41, 5.74) is 2.53. The van der Waals surface area contributed by atoms with E-state index in [-0.39, 0.29) is 24.0 Å². The van der Waals surface area contributed by atoms with Gasteiger partial charge in [0.15, 0.2) is 5.16 Å². The van der Waals surface area contributed by atoms with Crippen molar-refractivity contribution in [3.63, 3.8) is 0 Å². The fourth-order valence-electron chi connectivity index (χ4n) is 3.19. The van der Waals surface area contributed by atoms with Crippen molar-refractivity contribution in [2.45, 2.75) is 11.7 Å². The zero-order valence-corrected chi connectivity index (χ0v) is 18.1. The quantitative estimate of drug-likeness (QED) is 0.345. The molecular weight excluding hydrogens is 440 g/mol. The van der Waals surface area contributed by atoms with Crippen LogP contribution in [-0.2, 0) is 11.3 Å². The van der Waals surface area contributed by atoms with Gasteiger partial charge in [-0.05, 0) is 48.5 Å². The molecule has 1 heterocycles. The van der Waals surface area contributed by atoms with E-state index in [0.29, 0.717) is 21.4 Å². The highest BCUT2D eigenvalue weighted by Crippen LogP contribution is 2.28. The summed E-state index contributed by atoms with van der Waals surface area (Å²) < 4.78 is 29.4. The number of hydrogen-bond acceptors (Lipinski definition) is 3. The summed E-state index contributed by atoms with van der Waals surface area (Å²) in [5, 5.41) is 0.919. The number of amides is 1. The summed E-state index contributed by atoms with van der Waals surface area (Å²) in [4.78, 5) is 18.8. The van der Waals surface area contributed by atoms with Gasteiger partial charge in [0.25, 0.3) is 0 Å². The lowest BCUT2D eigenvalue weighted by atomic mass is 10.2. The van der Waals surface area contributed by atoms with Gasteiger partial charge >= 0.3 is 0 Å². The van der Waals surface area contributed by atoms with Gasteiger partial charge in [0.2, 0.25) is 5.91 Å². The molecule has 0 aliphatic carbocycles. The van der Waals surface area contributed by atoms with E-state index in [1.165, 1.54) is 34.9 Å². The summed E-state index contributed by atoms with van der Waals surface area (Å²) in [7, 11) is 1.64. The number of para-hydroxylation sites is 2. The summed E-state index contributed by atoms with van der Waals surface area (Å²) >= 11 is 7.49. The van der Waals surface area contributed by atoms with Crippen molar-refractivity contribution >= 4 is 46.0 Å². The molecule has 0 fully saturated rings. The molecule has 31 heavy (non-hydrogen) atoms. The van der Waals surface area contributed by atoms with Gasteiger partial charge in [0, 0.05) is 23.3 Å². The standard InChI is InChI=1S/C23H18ClF2N3OS/c1-28(16-11-9-15(25)10-12-16)22(30)14-31-23-27-20-7-2-3-8-21(20)29(23)13-17-18(24)5-4-6-19(17)26/h2-12H,13-14H2,1H3. The maximum atomic E-state index is 14.4. The van der Waals surface area contributed by atoms with Gasteiger partial charge in [-0.1, -0.05) is 41.6 Å². The number of thioether (sulfide) groups is 1. The third kappa shape index (κ3) is 4.57. The molecule has 0 atom stereocenters. The number of halogens is 3. The van der Waals surface area contributed by atoms with Crippen LogP contribution in [0.3, 0.4) is 0 Å². The smallest absolute Gasteiger partial charge is 0.237 e. The predicted octanol–water partition coefficient (Wildman–Crippen LogP) is 5.77. The van der Waals surface area contributed by atoms with E-state index in [0.717, 1.165) is 11.0 Å². The molecule has 8 heteroatoms. The summed E-state index contributed by atoms with van der Waals surface area (Å²) in [5.74, 6) is -0.811. The lowest BCUT2D eigenvalue weighted by Gasteiger charge is -2.17. The minimum absolute atomic E-state index is 0.113. The van der Waals surface area contributed by atoms with Crippen molar-refractivity contribution in [1.82, 2.24) is 9.55 Å². The molecule has 0 aliphatic heterocycles. The maximum absolute atomic E-state index is 14.4. The Morgan fingerprint density at radius 2 is 1.81 bits per heavy atom. The van der Waals surface area contributed by atoms with E-state index in [4.69, 9.17) is 11.6 Å². The third-order valence-corrected chi connectivity index (χ3v) is 6.23. The Hall–Kier alpha value is -2.90. The van der Waals surface area contributed by atoms with Crippen LogP contribution in [-0.4, -0.2) is 28.3 Å². The molecule has 0 bridgehead atoms. The second-order valence-corrected chi connectivity index (χ2v) is 8.24. The van der Waals surface area contributed by atoms with Crippen LogP contribution in [0.1, 0.15) is 5.56 Å². The number of imidazole rings is 1. The molecule has 0 spiro atoms. The number of nitrogens with zero attached hydrogens (tertiary/aromatic N) is 3. The van der Waals surface area contributed by atoms with Crippen LogP contribution in [0.25, 0.3) is 11.0 Å². The number of carbonyl (C=O) groups is 1. The number of hydrogen-bond donors (Lipinski definition) is 0. The van der Waals surface area contributed by atoms with Crippen molar-refractivity contribution < 1.29 is 13.6 Å². The number of anilines is 1. The topological polar surface area (TPSA) is 38.1 Å². The second-order valence-electron chi connectivity index (χ2n) is 6.89. The first-order chi connectivity index (χ1) is 14.9. The Morgan fingerprint density at radius 1 is 1.06 bits per heavy atom. The molecule has 0 N–H and O–H groups in total. The van der Waals surface area contributed by atoms with E-state index in [1.807, 2.05) is 28.8 Å². The highest BCUT2D eigenvalue weighted by atomic mass is 35.5. The number of fused-ring (bicyclic) bond motifs is 1. The maximum Gasteiger partial charge on any atom is 0.237 e. The van der Waals surface area contributed by atoms with E-state index >= 15 is 0 Å². The van der Waals surface area contributed by atoms with Gasteiger partial charge in [-0.25, -0.2) is 13.8 Å². The Kier molecular flexibility index (Phi) is 6.25. The molecule has 0 saturated carbocycles. The van der Waals surface area contributed by atoms with Gasteiger partial charge in [-0.3, -0.25) is 4.79 Å². The van der Waals surface area contributed by atoms with E-state index in [1.54, 1.807) is 31.3 Å². The molecule has 4 aromatic rings. The number of carbonyl (C=O) groups excluding carboxylic acids is 1. The van der Waals surface area contributed by atoms with E-state index in [2.05, 4.69) is 4.98 Å². The van der Waals surface area contributed by atoms with Crippen LogP contribution >= 0.6 is 23.4 Å². The highest BCUT2D eigenvalue weighted by Gasteiger charge is 2.18. The van der Waals surface area contributed by atoms with Crippen LogP contribution in [0.2, 0.25) is 5.02 Å². The van der Waals surface area contributed by atoms with Crippen LogP contribution in [0, 0.1) is 11.6 Å². The lowest BCUT2D eigenvalue weighted by molar-refractivity contribution is -0.115. The lowest BCUT2D eigenvalue weighted by Crippen LogP contribution is -2.28. The van der Waals surface area contributed by atoms with Gasteiger partial charge in [-0.15, -0.1) is 0 Å². The number of rotatable bonds is 6. The zero-order valence-electron chi connectivity index (χ0n) is 16.6. The fraction of sp³-hybridized carbons (Fsp3) is 0.130. The van der Waals surface area contributed by atoms with Crippen molar-refractivity contribution in [3.05, 3.63) is 89.0 Å². The Morgan fingerprint density at radius 3 is 2.55 bits per heavy atom. The summed E-state index contributed by atoms with van der Waals surface area (Å²) in [6, 6.07) is 17.8. The molecule has 4 nitrogen and oxygen atoms in total. The third-order valence-electron chi connectivity index (χ3n) is 4.91. The fourth-order valence-corrected chi connectivity index (χ4v) is 4.34. The number of benzene rings is 3. The first kappa shape index (κ1) is 21.3. The molecule has 158 valence electrons. The highest BCUT2D eigenvalue weighted by molar-refractivity contribution is 7.99. The molecule has 0 radical (unpaired) electrons. The molecule has 3 aromatic carbocycles. The summed E-state index contributed by atoms with van der Waals surface area (Å²) in [6.07, 6.45) is 0. The zero-order chi connectivity index (χ0) is 22.0. The second kappa shape index (κ2) is 9.08. The van der Waals surface area contributed by atoms with Crippen molar-refractivity contribution in [3.8, 4) is 0 Å². The minimum Gasteiger partial charge on any atom is -0.315 e.